The number of amides is 1. The van der Waals surface area contributed by atoms with Crippen LogP contribution in [-0.2, 0) is 19.6 Å². The highest BCUT2D eigenvalue weighted by Crippen LogP contribution is 2.31. The van der Waals surface area contributed by atoms with Crippen molar-refractivity contribution in [3.63, 3.8) is 0 Å². The fraction of sp³-hybridized carbons (Fsp3) is 0.778. The molecule has 0 atom stereocenters. The molecule has 1 aliphatic heterocycles. The van der Waals surface area contributed by atoms with E-state index in [9.17, 15) is 18.0 Å². The van der Waals surface area contributed by atoms with Crippen molar-refractivity contribution in [2.24, 2.45) is 5.41 Å². The van der Waals surface area contributed by atoms with Crippen molar-refractivity contribution < 1.29 is 23.1 Å². The van der Waals surface area contributed by atoms with Crippen LogP contribution in [0.4, 0.5) is 0 Å². The van der Waals surface area contributed by atoms with Crippen LogP contribution in [0.1, 0.15) is 26.7 Å². The summed E-state index contributed by atoms with van der Waals surface area (Å²) in [5, 5.41) is 8.43. The zero-order valence-electron chi connectivity index (χ0n) is 9.26. The second kappa shape index (κ2) is 4.04. The Hall–Kier alpha value is -1.11. The van der Waals surface area contributed by atoms with Crippen molar-refractivity contribution in [2.45, 2.75) is 26.7 Å². The molecule has 1 fully saturated rings. The molecule has 0 bridgehead atoms. The molecule has 0 radical (unpaired) electrons. The van der Waals surface area contributed by atoms with Crippen molar-refractivity contribution in [1.82, 2.24) is 4.31 Å². The summed E-state index contributed by atoms with van der Waals surface area (Å²) in [4.78, 5) is 22.0. The highest BCUT2D eigenvalue weighted by molar-refractivity contribution is 7.90. The van der Waals surface area contributed by atoms with Crippen LogP contribution < -0.4 is 0 Å². The molecule has 92 valence electrons. The van der Waals surface area contributed by atoms with E-state index < -0.39 is 27.3 Å². The zero-order chi connectivity index (χ0) is 12.6. The molecule has 0 aromatic carbocycles. The molecule has 7 heteroatoms. The fourth-order valence-electron chi connectivity index (χ4n) is 1.67. The number of sulfonamides is 1. The molecule has 0 aromatic heterocycles. The fourth-order valence-corrected chi connectivity index (χ4v) is 3.77. The zero-order valence-corrected chi connectivity index (χ0v) is 10.1. The summed E-state index contributed by atoms with van der Waals surface area (Å²) in [6, 6.07) is 0. The molecule has 16 heavy (non-hydrogen) atoms. The van der Waals surface area contributed by atoms with Crippen molar-refractivity contribution in [3.05, 3.63) is 0 Å². The Morgan fingerprint density at radius 3 is 2.44 bits per heavy atom. The number of nitrogens with zero attached hydrogens (tertiary/aromatic N) is 1. The van der Waals surface area contributed by atoms with E-state index in [0.717, 1.165) is 4.31 Å². The smallest absolute Gasteiger partial charge is 0.303 e. The van der Waals surface area contributed by atoms with E-state index in [1.54, 1.807) is 13.8 Å². The Kier molecular flexibility index (Phi) is 3.27. The first-order chi connectivity index (χ1) is 7.17. The lowest BCUT2D eigenvalue weighted by Gasteiger charge is -2.16. The standard InChI is InChI=1S/C9H15NO5S/c1-9(2)6-16(14,15)10(8(9)13)5-3-4-7(11)12/h3-6H2,1-2H3,(H,11,12). The van der Waals surface area contributed by atoms with Gasteiger partial charge in [0.25, 0.3) is 0 Å². The van der Waals surface area contributed by atoms with Crippen molar-refractivity contribution >= 4 is 21.9 Å². The van der Waals surface area contributed by atoms with Gasteiger partial charge in [0.05, 0.1) is 11.2 Å². The van der Waals surface area contributed by atoms with Crippen LogP contribution in [0.2, 0.25) is 0 Å². The lowest BCUT2D eigenvalue weighted by molar-refractivity contribution is -0.138. The highest BCUT2D eigenvalue weighted by atomic mass is 32.2. The third-order valence-corrected chi connectivity index (χ3v) is 4.54. The normalized spacial score (nSPS) is 22.4. The van der Waals surface area contributed by atoms with E-state index in [1.807, 2.05) is 0 Å². The Labute approximate surface area is 94.3 Å². The van der Waals surface area contributed by atoms with Gasteiger partial charge in [-0.3, -0.25) is 9.59 Å². The van der Waals surface area contributed by atoms with E-state index in [4.69, 9.17) is 5.11 Å². The van der Waals surface area contributed by atoms with Gasteiger partial charge in [0.2, 0.25) is 15.9 Å². The number of carbonyl (C=O) groups is 2. The maximum Gasteiger partial charge on any atom is 0.303 e. The summed E-state index contributed by atoms with van der Waals surface area (Å²) in [7, 11) is -3.55. The summed E-state index contributed by atoms with van der Waals surface area (Å²) in [5.41, 5.74) is -0.901. The SMILES string of the molecule is CC1(C)CS(=O)(=O)N(CCCC(=O)O)C1=O. The van der Waals surface area contributed by atoms with Gasteiger partial charge in [0.1, 0.15) is 0 Å². The quantitative estimate of drug-likeness (QED) is 0.760. The summed E-state index contributed by atoms with van der Waals surface area (Å²) in [6.45, 7) is 3.10. The second-order valence-corrected chi connectivity index (χ2v) is 6.41. The molecular formula is C9H15NO5S. The molecule has 0 saturated carbocycles. The predicted molar refractivity (Wildman–Crippen MR) is 56.2 cm³/mol. The first kappa shape index (κ1) is 13.0. The first-order valence-corrected chi connectivity index (χ1v) is 6.54. The Morgan fingerprint density at radius 1 is 1.50 bits per heavy atom. The number of carbonyl (C=O) groups excluding carboxylic acids is 1. The van der Waals surface area contributed by atoms with Gasteiger partial charge in [0.15, 0.2) is 0 Å². The first-order valence-electron chi connectivity index (χ1n) is 4.93. The molecule has 1 amide bonds. The predicted octanol–water partition coefficient (Wildman–Crippen LogP) is 0.0494. The number of aliphatic carboxylic acids is 1. The largest absolute Gasteiger partial charge is 0.481 e. The van der Waals surface area contributed by atoms with E-state index in [0.29, 0.717) is 0 Å². The molecule has 6 nitrogen and oxygen atoms in total. The number of carboxylic acids is 1. The number of hydrogen-bond acceptors (Lipinski definition) is 4. The molecule has 0 unspecified atom stereocenters. The minimum Gasteiger partial charge on any atom is -0.481 e. The lowest BCUT2D eigenvalue weighted by Crippen LogP contribution is -2.34. The van der Waals surface area contributed by atoms with Gasteiger partial charge in [-0.15, -0.1) is 0 Å². The third-order valence-electron chi connectivity index (χ3n) is 2.44. The van der Waals surface area contributed by atoms with Gasteiger partial charge < -0.3 is 5.11 Å². The van der Waals surface area contributed by atoms with Gasteiger partial charge in [0, 0.05) is 13.0 Å². The summed E-state index contributed by atoms with van der Waals surface area (Å²) in [6.07, 6.45) is 0.0100. The minimum atomic E-state index is -3.55. The molecule has 1 N–H and O–H groups in total. The number of carboxylic acid groups (broad SMARTS) is 1. The van der Waals surface area contributed by atoms with Crippen LogP contribution in [0.3, 0.4) is 0 Å². The van der Waals surface area contributed by atoms with Crippen molar-refractivity contribution in [1.29, 1.82) is 0 Å². The Bertz CT molecular complexity index is 412. The second-order valence-electron chi connectivity index (χ2n) is 4.51. The average Bonchev–Trinajstić information content (AvgIpc) is 2.22. The molecule has 0 aromatic rings. The van der Waals surface area contributed by atoms with Gasteiger partial charge in [-0.2, -0.15) is 0 Å². The minimum absolute atomic E-state index is 0.0447. The molecule has 1 aliphatic rings. The molecule has 0 aliphatic carbocycles. The number of hydrogen-bond donors (Lipinski definition) is 1. The monoisotopic (exact) mass is 249 g/mol. The summed E-state index contributed by atoms with van der Waals surface area (Å²) in [5.74, 6) is -1.65. The maximum atomic E-state index is 11.7. The Balaban J connectivity index is 2.73. The van der Waals surface area contributed by atoms with Crippen LogP contribution >= 0.6 is 0 Å². The maximum absolute atomic E-state index is 11.7. The average molecular weight is 249 g/mol. The molecule has 0 spiro atoms. The van der Waals surface area contributed by atoms with Crippen molar-refractivity contribution in [3.8, 4) is 0 Å². The van der Waals surface area contributed by atoms with Gasteiger partial charge in [-0.05, 0) is 20.3 Å². The highest BCUT2D eigenvalue weighted by Gasteiger charge is 2.48. The molecule has 1 saturated heterocycles. The van der Waals surface area contributed by atoms with E-state index in [2.05, 4.69) is 0 Å². The molecular weight excluding hydrogens is 234 g/mol. The Morgan fingerprint density at radius 2 is 2.06 bits per heavy atom. The van der Waals surface area contributed by atoms with E-state index in [-0.39, 0.29) is 25.1 Å². The summed E-state index contributed by atoms with van der Waals surface area (Å²) < 4.78 is 24.0. The molecule has 1 heterocycles. The van der Waals surface area contributed by atoms with E-state index >= 15 is 0 Å². The van der Waals surface area contributed by atoms with Crippen LogP contribution in [0.25, 0.3) is 0 Å². The number of rotatable bonds is 4. The van der Waals surface area contributed by atoms with Gasteiger partial charge >= 0.3 is 5.97 Å². The van der Waals surface area contributed by atoms with Gasteiger partial charge in [-0.1, -0.05) is 0 Å². The van der Waals surface area contributed by atoms with Crippen LogP contribution in [-0.4, -0.2) is 42.0 Å². The molecule has 1 rings (SSSR count). The van der Waals surface area contributed by atoms with Crippen LogP contribution in [0.15, 0.2) is 0 Å². The topological polar surface area (TPSA) is 91.8 Å². The van der Waals surface area contributed by atoms with Gasteiger partial charge in [-0.25, -0.2) is 12.7 Å². The summed E-state index contributed by atoms with van der Waals surface area (Å²) >= 11 is 0. The van der Waals surface area contributed by atoms with Crippen LogP contribution in [0, 0.1) is 5.41 Å². The lowest BCUT2D eigenvalue weighted by atomic mass is 9.95. The van der Waals surface area contributed by atoms with E-state index in [1.165, 1.54) is 0 Å². The van der Waals surface area contributed by atoms with Crippen molar-refractivity contribution in [2.75, 3.05) is 12.3 Å². The third kappa shape index (κ3) is 2.52. The van der Waals surface area contributed by atoms with Crippen LogP contribution in [0.5, 0.6) is 0 Å².